The second kappa shape index (κ2) is 7.41. The number of rotatable bonds is 3. The number of hydrogen-bond donors (Lipinski definition) is 1. The zero-order chi connectivity index (χ0) is 15.9. The molecule has 1 atom stereocenters. The predicted octanol–water partition coefficient (Wildman–Crippen LogP) is 3.49. The number of benzene rings is 2. The van der Waals surface area contributed by atoms with Crippen molar-refractivity contribution in [1.29, 1.82) is 0 Å². The molecule has 2 rings (SSSR count). The zero-order valence-electron chi connectivity index (χ0n) is 13.0. The van der Waals surface area contributed by atoms with Crippen LogP contribution >= 0.6 is 0 Å². The molecule has 0 heterocycles. The lowest BCUT2D eigenvalue weighted by atomic mass is 10.1. The summed E-state index contributed by atoms with van der Waals surface area (Å²) in [5.41, 5.74) is 2.58. The second-order valence-electron chi connectivity index (χ2n) is 4.99. The van der Waals surface area contributed by atoms with E-state index >= 15 is 0 Å². The van der Waals surface area contributed by atoms with Crippen LogP contribution in [0.15, 0.2) is 59.6 Å². The number of amides is 1. The molecule has 0 unspecified atom stereocenters. The molecule has 0 saturated heterocycles. The quantitative estimate of drug-likeness (QED) is 0.696. The minimum atomic E-state index is -0.223. The third-order valence-corrected chi connectivity index (χ3v) is 3.40. The number of nitrogens with zero attached hydrogens (tertiary/aromatic N) is 1. The Bertz CT molecular complexity index is 666. The highest BCUT2D eigenvalue weighted by molar-refractivity contribution is 6.04. The van der Waals surface area contributed by atoms with Crippen molar-refractivity contribution in [2.45, 2.75) is 19.9 Å². The van der Waals surface area contributed by atoms with Crippen LogP contribution in [0.2, 0.25) is 0 Å². The maximum absolute atomic E-state index is 12.3. The van der Waals surface area contributed by atoms with Gasteiger partial charge < -0.3 is 4.74 Å². The van der Waals surface area contributed by atoms with Crippen molar-refractivity contribution in [3.63, 3.8) is 0 Å². The van der Waals surface area contributed by atoms with Crippen molar-refractivity contribution in [3.8, 4) is 0 Å². The largest absolute Gasteiger partial charge is 0.468 e. The van der Waals surface area contributed by atoms with Crippen molar-refractivity contribution in [2.75, 3.05) is 7.11 Å². The van der Waals surface area contributed by atoms with E-state index < -0.39 is 0 Å². The molecule has 4 nitrogen and oxygen atoms in total. The highest BCUT2D eigenvalue weighted by Gasteiger charge is 2.12. The first-order valence-corrected chi connectivity index (χ1v) is 7.15. The Morgan fingerprint density at radius 2 is 1.73 bits per heavy atom. The van der Waals surface area contributed by atoms with Crippen molar-refractivity contribution < 1.29 is 9.53 Å². The van der Waals surface area contributed by atoms with Gasteiger partial charge in [-0.15, -0.1) is 0 Å². The summed E-state index contributed by atoms with van der Waals surface area (Å²) < 4.78 is 5.19. The van der Waals surface area contributed by atoms with Crippen LogP contribution in [-0.2, 0) is 4.74 Å². The Balaban J connectivity index is 2.14. The van der Waals surface area contributed by atoms with Gasteiger partial charge in [-0.2, -0.15) is 0 Å². The fraction of sp³-hybridized carbons (Fsp3) is 0.222. The van der Waals surface area contributed by atoms with Gasteiger partial charge in [0.25, 0.3) is 11.9 Å². The van der Waals surface area contributed by atoms with Crippen LogP contribution in [0, 0.1) is 6.92 Å². The molecule has 4 heteroatoms. The molecule has 1 amide bonds. The van der Waals surface area contributed by atoms with Gasteiger partial charge in [-0.05, 0) is 31.0 Å². The third-order valence-electron chi connectivity index (χ3n) is 3.40. The SMILES string of the molecule is COC(=N[C@@H](C)c1ccccc1)NC(=O)c1ccccc1C. The van der Waals surface area contributed by atoms with Gasteiger partial charge in [0.2, 0.25) is 0 Å². The smallest absolute Gasteiger partial charge is 0.292 e. The Kier molecular flexibility index (Phi) is 5.31. The lowest BCUT2D eigenvalue weighted by molar-refractivity contribution is 0.0967. The lowest BCUT2D eigenvalue weighted by Crippen LogP contribution is -2.32. The Labute approximate surface area is 130 Å². The Hall–Kier alpha value is -2.62. The molecule has 0 aliphatic heterocycles. The number of hydrogen-bond acceptors (Lipinski definition) is 3. The van der Waals surface area contributed by atoms with Crippen LogP contribution in [0.1, 0.15) is 34.5 Å². The fourth-order valence-corrected chi connectivity index (χ4v) is 2.11. The number of carbonyl (C=O) groups is 1. The molecule has 0 spiro atoms. The monoisotopic (exact) mass is 296 g/mol. The van der Waals surface area contributed by atoms with Crippen LogP contribution in [0.3, 0.4) is 0 Å². The Morgan fingerprint density at radius 1 is 1.09 bits per heavy atom. The minimum absolute atomic E-state index is 0.103. The summed E-state index contributed by atoms with van der Waals surface area (Å²) in [7, 11) is 1.49. The third kappa shape index (κ3) is 3.95. The number of aryl methyl sites for hydroxylation is 1. The van der Waals surface area contributed by atoms with Gasteiger partial charge in [-0.3, -0.25) is 10.1 Å². The summed E-state index contributed by atoms with van der Waals surface area (Å²) in [5.74, 6) is -0.223. The van der Waals surface area contributed by atoms with E-state index in [9.17, 15) is 4.79 Å². The number of ether oxygens (including phenoxy) is 1. The minimum Gasteiger partial charge on any atom is -0.468 e. The summed E-state index contributed by atoms with van der Waals surface area (Å²) in [6.07, 6.45) is 0. The van der Waals surface area contributed by atoms with Crippen LogP contribution in [-0.4, -0.2) is 19.0 Å². The van der Waals surface area contributed by atoms with E-state index in [1.807, 2.05) is 62.4 Å². The number of nitrogens with one attached hydrogen (secondary N) is 1. The highest BCUT2D eigenvalue weighted by atomic mass is 16.5. The maximum Gasteiger partial charge on any atom is 0.292 e. The number of aliphatic imine (C=N–C) groups is 1. The molecular weight excluding hydrogens is 276 g/mol. The molecule has 22 heavy (non-hydrogen) atoms. The standard InChI is InChI=1S/C18H20N2O2/c1-13-9-7-8-12-16(13)17(21)20-18(22-3)19-14(2)15-10-5-4-6-11-15/h4-12,14H,1-3H3,(H,19,20,21)/t14-/m0/s1. The molecule has 0 saturated carbocycles. The van der Waals surface area contributed by atoms with E-state index in [2.05, 4.69) is 10.3 Å². The second-order valence-corrected chi connectivity index (χ2v) is 4.99. The van der Waals surface area contributed by atoms with E-state index in [-0.39, 0.29) is 18.0 Å². The van der Waals surface area contributed by atoms with E-state index in [0.29, 0.717) is 5.56 Å². The molecule has 2 aromatic carbocycles. The summed E-state index contributed by atoms with van der Waals surface area (Å²) in [4.78, 5) is 16.7. The summed E-state index contributed by atoms with van der Waals surface area (Å²) in [5, 5.41) is 2.71. The van der Waals surface area contributed by atoms with Crippen LogP contribution in [0.5, 0.6) is 0 Å². The van der Waals surface area contributed by atoms with Crippen LogP contribution in [0.25, 0.3) is 0 Å². The molecular formula is C18H20N2O2. The molecule has 0 aliphatic carbocycles. The van der Waals surface area contributed by atoms with Gasteiger partial charge in [0.1, 0.15) is 0 Å². The van der Waals surface area contributed by atoms with Crippen molar-refractivity contribution >= 4 is 11.9 Å². The molecule has 2 aromatic rings. The van der Waals surface area contributed by atoms with Crippen molar-refractivity contribution in [1.82, 2.24) is 5.32 Å². The van der Waals surface area contributed by atoms with Crippen molar-refractivity contribution in [2.24, 2.45) is 4.99 Å². The molecule has 0 aromatic heterocycles. The zero-order valence-corrected chi connectivity index (χ0v) is 13.0. The number of methoxy groups -OCH3 is 1. The Morgan fingerprint density at radius 3 is 2.36 bits per heavy atom. The van der Waals surface area contributed by atoms with Gasteiger partial charge in [-0.25, -0.2) is 4.99 Å². The number of amidine groups is 1. The van der Waals surface area contributed by atoms with Crippen molar-refractivity contribution in [3.05, 3.63) is 71.3 Å². The maximum atomic E-state index is 12.3. The first kappa shape index (κ1) is 15.8. The van der Waals surface area contributed by atoms with E-state index in [0.717, 1.165) is 11.1 Å². The van der Waals surface area contributed by atoms with Crippen LogP contribution in [0.4, 0.5) is 0 Å². The van der Waals surface area contributed by atoms with Gasteiger partial charge in [-0.1, -0.05) is 48.5 Å². The first-order chi connectivity index (χ1) is 10.6. The van der Waals surface area contributed by atoms with E-state index in [1.165, 1.54) is 7.11 Å². The number of carbonyl (C=O) groups excluding carboxylic acids is 1. The van der Waals surface area contributed by atoms with Gasteiger partial charge >= 0.3 is 0 Å². The predicted molar refractivity (Wildman–Crippen MR) is 87.9 cm³/mol. The van der Waals surface area contributed by atoms with E-state index in [4.69, 9.17) is 4.74 Å². The van der Waals surface area contributed by atoms with Gasteiger partial charge in [0, 0.05) is 5.56 Å². The molecule has 0 fully saturated rings. The van der Waals surface area contributed by atoms with Crippen LogP contribution < -0.4 is 5.32 Å². The van der Waals surface area contributed by atoms with E-state index in [1.54, 1.807) is 6.07 Å². The average molecular weight is 296 g/mol. The molecule has 1 N–H and O–H groups in total. The first-order valence-electron chi connectivity index (χ1n) is 7.15. The topological polar surface area (TPSA) is 50.7 Å². The van der Waals surface area contributed by atoms with Gasteiger partial charge in [0.15, 0.2) is 0 Å². The molecule has 0 aliphatic rings. The molecule has 0 bridgehead atoms. The van der Waals surface area contributed by atoms with Gasteiger partial charge in [0.05, 0.1) is 13.2 Å². The fourth-order valence-electron chi connectivity index (χ4n) is 2.11. The summed E-state index contributed by atoms with van der Waals surface area (Å²) >= 11 is 0. The molecule has 0 radical (unpaired) electrons. The lowest BCUT2D eigenvalue weighted by Gasteiger charge is -2.12. The highest BCUT2D eigenvalue weighted by Crippen LogP contribution is 2.16. The normalized spacial score (nSPS) is 12.6. The molecule has 114 valence electrons. The summed E-state index contributed by atoms with van der Waals surface area (Å²) in [6, 6.07) is 17.4. The average Bonchev–Trinajstić information content (AvgIpc) is 2.55. The summed E-state index contributed by atoms with van der Waals surface area (Å²) in [6.45, 7) is 3.85.